The van der Waals surface area contributed by atoms with E-state index in [9.17, 15) is 24.6 Å². The number of rotatable bonds is 5. The fraction of sp³-hybridized carbons (Fsp3) is 0. The molecule has 2 N–H and O–H groups in total. The first-order valence-electron chi connectivity index (χ1n) is 7.82. The maximum atomic E-state index is 13.4. The molecule has 0 atom stereocenters. The van der Waals surface area contributed by atoms with Crippen LogP contribution in [0, 0.1) is 27.3 Å². The van der Waals surface area contributed by atoms with Crippen LogP contribution in [0.2, 0.25) is 0 Å². The summed E-state index contributed by atoms with van der Waals surface area (Å²) >= 11 is 0. The first-order chi connectivity index (χ1) is 13.5. The molecule has 0 saturated carbocycles. The average molecular weight is 378 g/mol. The first-order valence-corrected chi connectivity index (χ1v) is 7.82. The minimum atomic E-state index is -0.958. The summed E-state index contributed by atoms with van der Waals surface area (Å²) < 4.78 is 13.4. The first kappa shape index (κ1) is 18.4. The number of anilines is 1. The lowest BCUT2D eigenvalue weighted by Crippen LogP contribution is -2.16. The number of halogens is 1. The number of aromatic amines is 1. The Hall–Kier alpha value is -4.39. The molecule has 28 heavy (non-hydrogen) atoms. The molecular weight excluding hydrogens is 367 g/mol. The zero-order valence-electron chi connectivity index (χ0n) is 14.1. The van der Waals surface area contributed by atoms with E-state index in [1.165, 1.54) is 12.3 Å². The molecule has 2 aromatic carbocycles. The molecule has 9 nitrogen and oxygen atoms in total. The molecule has 0 spiro atoms. The molecule has 0 aliphatic heterocycles. The monoisotopic (exact) mass is 378 g/mol. The van der Waals surface area contributed by atoms with E-state index in [0.717, 1.165) is 12.1 Å². The number of nitrogens with one attached hydrogen (secondary N) is 2. The summed E-state index contributed by atoms with van der Waals surface area (Å²) in [5.74, 6) is -0.989. The number of hydrazone groups is 1. The van der Waals surface area contributed by atoms with Crippen LogP contribution in [0.25, 0.3) is 11.3 Å². The number of aromatic nitrogens is 2. The van der Waals surface area contributed by atoms with Crippen LogP contribution >= 0.6 is 0 Å². The summed E-state index contributed by atoms with van der Waals surface area (Å²) in [7, 11) is 0. The van der Waals surface area contributed by atoms with Gasteiger partial charge in [-0.25, -0.2) is 10.4 Å². The number of nitriles is 1. The van der Waals surface area contributed by atoms with Gasteiger partial charge in [0.05, 0.1) is 16.8 Å². The maximum absolute atomic E-state index is 13.4. The van der Waals surface area contributed by atoms with E-state index >= 15 is 0 Å². The Bertz CT molecular complexity index is 1170. The molecule has 0 fully saturated rings. The van der Waals surface area contributed by atoms with Crippen molar-refractivity contribution in [3.63, 3.8) is 0 Å². The van der Waals surface area contributed by atoms with Crippen molar-refractivity contribution in [2.45, 2.75) is 0 Å². The minimum Gasteiger partial charge on any atom is -0.290 e. The summed E-state index contributed by atoms with van der Waals surface area (Å²) in [5.41, 5.74) is 2.04. The molecule has 0 aliphatic rings. The van der Waals surface area contributed by atoms with Gasteiger partial charge < -0.3 is 0 Å². The van der Waals surface area contributed by atoms with E-state index in [1.807, 2.05) is 6.07 Å². The van der Waals surface area contributed by atoms with E-state index in [0.29, 0.717) is 5.56 Å². The zero-order valence-corrected chi connectivity index (χ0v) is 14.1. The molecule has 0 bridgehead atoms. The van der Waals surface area contributed by atoms with Gasteiger partial charge in [0.1, 0.15) is 11.6 Å². The van der Waals surface area contributed by atoms with Crippen LogP contribution in [0.3, 0.4) is 0 Å². The van der Waals surface area contributed by atoms with Crippen molar-refractivity contribution in [2.24, 2.45) is 5.10 Å². The lowest BCUT2D eigenvalue weighted by molar-refractivity contribution is -0.387. The molecule has 3 rings (SSSR count). The van der Waals surface area contributed by atoms with Gasteiger partial charge in [0.2, 0.25) is 11.8 Å². The van der Waals surface area contributed by atoms with E-state index < -0.39 is 22.0 Å². The van der Waals surface area contributed by atoms with Crippen LogP contribution in [0.15, 0.2) is 58.4 Å². The van der Waals surface area contributed by atoms with Gasteiger partial charge in [-0.15, -0.1) is 0 Å². The normalized spacial score (nSPS) is 10.6. The second-order valence-electron chi connectivity index (χ2n) is 5.45. The maximum Gasteiger partial charge on any atom is 0.305 e. The molecule has 0 unspecified atom stereocenters. The van der Waals surface area contributed by atoms with E-state index in [1.54, 1.807) is 30.3 Å². The predicted molar refractivity (Wildman–Crippen MR) is 99.3 cm³/mol. The number of H-pyrrole nitrogens is 1. The third-order valence-corrected chi connectivity index (χ3v) is 3.63. The Balaban J connectivity index is 1.90. The lowest BCUT2D eigenvalue weighted by atomic mass is 10.1. The molecule has 3 aromatic rings. The minimum absolute atomic E-state index is 0.0317. The summed E-state index contributed by atoms with van der Waals surface area (Å²) in [5, 5.41) is 23.8. The van der Waals surface area contributed by atoms with E-state index in [4.69, 9.17) is 0 Å². The van der Waals surface area contributed by atoms with Crippen molar-refractivity contribution in [3.05, 3.63) is 85.9 Å². The molecule has 0 amide bonds. The second-order valence-corrected chi connectivity index (χ2v) is 5.45. The van der Waals surface area contributed by atoms with Crippen LogP contribution in [0.4, 0.5) is 16.0 Å². The average Bonchev–Trinajstić information content (AvgIpc) is 2.69. The third kappa shape index (κ3) is 3.88. The lowest BCUT2D eigenvalue weighted by Gasteiger charge is -2.05. The highest BCUT2D eigenvalue weighted by molar-refractivity contribution is 5.81. The van der Waals surface area contributed by atoms with Crippen LogP contribution in [0.5, 0.6) is 0 Å². The summed E-state index contributed by atoms with van der Waals surface area (Å²) in [6.45, 7) is 0. The quantitative estimate of drug-likeness (QED) is 0.398. The highest BCUT2D eigenvalue weighted by atomic mass is 19.1. The van der Waals surface area contributed by atoms with Crippen molar-refractivity contribution in [1.82, 2.24) is 9.97 Å². The third-order valence-electron chi connectivity index (χ3n) is 3.63. The molecule has 0 aliphatic carbocycles. The van der Waals surface area contributed by atoms with Gasteiger partial charge in [0, 0.05) is 17.2 Å². The number of hydrogen-bond acceptors (Lipinski definition) is 7. The molecule has 10 heteroatoms. The van der Waals surface area contributed by atoms with Crippen molar-refractivity contribution in [3.8, 4) is 17.3 Å². The number of benzene rings is 2. The van der Waals surface area contributed by atoms with E-state index in [2.05, 4.69) is 20.5 Å². The van der Waals surface area contributed by atoms with Crippen LogP contribution in [-0.2, 0) is 0 Å². The summed E-state index contributed by atoms with van der Waals surface area (Å²) in [6, 6.07) is 13.8. The second kappa shape index (κ2) is 7.88. The van der Waals surface area contributed by atoms with E-state index in [-0.39, 0.29) is 22.8 Å². The molecule has 1 aromatic heterocycles. The van der Waals surface area contributed by atoms with Gasteiger partial charge in [-0.3, -0.25) is 19.9 Å². The van der Waals surface area contributed by atoms with Crippen LogP contribution in [0.1, 0.15) is 11.1 Å². The SMILES string of the molecule is N#Cc1c(-c2ccccc2)nc(NN=Cc2ccc(F)c([N+](=O)[O-])c2)[nH]c1=O. The fourth-order valence-corrected chi connectivity index (χ4v) is 2.35. The molecular formula is C18H11FN6O3. The van der Waals surface area contributed by atoms with Gasteiger partial charge >= 0.3 is 5.69 Å². The molecule has 0 saturated heterocycles. The van der Waals surface area contributed by atoms with Gasteiger partial charge in [0.15, 0.2) is 0 Å². The van der Waals surface area contributed by atoms with Gasteiger partial charge in [-0.1, -0.05) is 30.3 Å². The molecule has 0 radical (unpaired) electrons. The summed E-state index contributed by atoms with van der Waals surface area (Å²) in [6.07, 6.45) is 1.20. The Morgan fingerprint density at radius 1 is 1.29 bits per heavy atom. The summed E-state index contributed by atoms with van der Waals surface area (Å²) in [4.78, 5) is 28.6. The Kier molecular flexibility index (Phi) is 5.18. The highest BCUT2D eigenvalue weighted by Gasteiger charge is 2.14. The predicted octanol–water partition coefficient (Wildman–Crippen LogP) is 2.80. The Morgan fingerprint density at radius 2 is 2.04 bits per heavy atom. The van der Waals surface area contributed by atoms with Crippen LogP contribution in [-0.4, -0.2) is 21.1 Å². The van der Waals surface area contributed by atoms with Crippen molar-refractivity contribution < 1.29 is 9.31 Å². The van der Waals surface area contributed by atoms with Crippen molar-refractivity contribution in [1.29, 1.82) is 5.26 Å². The largest absolute Gasteiger partial charge is 0.305 e. The van der Waals surface area contributed by atoms with Crippen molar-refractivity contribution >= 4 is 17.9 Å². The van der Waals surface area contributed by atoms with Gasteiger partial charge in [-0.2, -0.15) is 14.8 Å². The number of hydrogen-bond donors (Lipinski definition) is 2. The molecule has 1 heterocycles. The standard InChI is InChI=1S/C18H11FN6O3/c19-14-7-6-11(8-15(14)25(27)28)10-21-24-18-22-16(12-4-2-1-3-5-12)13(9-20)17(26)23-18/h1-8,10H,(H2,22,23,24,26). The van der Waals surface area contributed by atoms with Crippen LogP contribution < -0.4 is 11.0 Å². The van der Waals surface area contributed by atoms with Gasteiger partial charge in [-0.05, 0) is 12.1 Å². The Morgan fingerprint density at radius 3 is 2.71 bits per heavy atom. The number of nitro benzene ring substituents is 1. The smallest absolute Gasteiger partial charge is 0.290 e. The van der Waals surface area contributed by atoms with Crippen molar-refractivity contribution in [2.75, 3.05) is 5.43 Å². The zero-order chi connectivity index (χ0) is 20.1. The molecule has 138 valence electrons. The Labute approximate surface area is 157 Å². The number of nitrogens with zero attached hydrogens (tertiary/aromatic N) is 4. The fourth-order valence-electron chi connectivity index (χ4n) is 2.35. The number of nitro groups is 1. The topological polar surface area (TPSA) is 137 Å². The highest BCUT2D eigenvalue weighted by Crippen LogP contribution is 2.20. The van der Waals surface area contributed by atoms with Gasteiger partial charge in [0.25, 0.3) is 5.56 Å².